The van der Waals surface area contributed by atoms with Crippen molar-refractivity contribution < 1.29 is 9.59 Å². The molecule has 3 aromatic rings. The van der Waals surface area contributed by atoms with Gasteiger partial charge in [-0.2, -0.15) is 0 Å². The van der Waals surface area contributed by atoms with E-state index >= 15 is 0 Å². The molecule has 1 aliphatic rings. The second-order valence-electron chi connectivity index (χ2n) is 5.65. The van der Waals surface area contributed by atoms with Crippen LogP contribution in [0.15, 0.2) is 43.1 Å². The van der Waals surface area contributed by atoms with Gasteiger partial charge in [0.15, 0.2) is 5.13 Å². The third-order valence-electron chi connectivity index (χ3n) is 3.94. The summed E-state index contributed by atoms with van der Waals surface area (Å²) in [5.41, 5.74) is 1.71. The van der Waals surface area contributed by atoms with E-state index < -0.39 is 0 Å². The van der Waals surface area contributed by atoms with E-state index in [0.29, 0.717) is 30.2 Å². The number of nitrogens with zero attached hydrogens (tertiary/aromatic N) is 5. The van der Waals surface area contributed by atoms with Crippen LogP contribution in [-0.4, -0.2) is 43.2 Å². The third-order valence-corrected chi connectivity index (χ3v) is 4.94. The molecule has 0 spiro atoms. The van der Waals surface area contributed by atoms with Gasteiger partial charge in [0.25, 0.3) is 11.8 Å². The van der Waals surface area contributed by atoms with E-state index in [1.807, 2.05) is 0 Å². The molecule has 1 N–H and O–H groups in total. The fourth-order valence-electron chi connectivity index (χ4n) is 2.67. The molecule has 8 nitrogen and oxygen atoms in total. The van der Waals surface area contributed by atoms with Crippen molar-refractivity contribution in [1.82, 2.24) is 24.8 Å². The van der Waals surface area contributed by atoms with E-state index in [9.17, 15) is 9.59 Å². The van der Waals surface area contributed by atoms with Crippen LogP contribution in [0, 0.1) is 0 Å². The number of fused-ring (bicyclic) bond motifs is 1. The fraction of sp³-hybridized carbons (Fsp3) is 0.176. The molecule has 0 saturated carbocycles. The first kappa shape index (κ1) is 16.3. The highest BCUT2D eigenvalue weighted by molar-refractivity contribution is 7.15. The minimum atomic E-state index is -0.354. The zero-order chi connectivity index (χ0) is 17.9. The highest BCUT2D eigenvalue weighted by Crippen LogP contribution is 2.29. The molecule has 4 rings (SSSR count). The maximum atomic E-state index is 12.6. The molecule has 1 aliphatic heterocycles. The van der Waals surface area contributed by atoms with Crippen molar-refractivity contribution in [3.63, 3.8) is 0 Å². The number of hydrogen-bond acceptors (Lipinski definition) is 7. The number of hydrogen-bond donors (Lipinski definition) is 1. The van der Waals surface area contributed by atoms with Gasteiger partial charge in [0.1, 0.15) is 5.69 Å². The molecule has 26 heavy (non-hydrogen) atoms. The summed E-state index contributed by atoms with van der Waals surface area (Å²) in [4.78, 5) is 43.8. The normalized spacial score (nSPS) is 13.2. The zero-order valence-corrected chi connectivity index (χ0v) is 14.4. The summed E-state index contributed by atoms with van der Waals surface area (Å²) in [6.45, 7) is 1.06. The first-order valence-electron chi connectivity index (χ1n) is 7.96. The van der Waals surface area contributed by atoms with Crippen LogP contribution in [0.4, 0.5) is 5.13 Å². The molecule has 0 saturated heterocycles. The summed E-state index contributed by atoms with van der Waals surface area (Å²) in [6, 6.07) is 3.50. The third kappa shape index (κ3) is 3.29. The number of rotatable bonds is 3. The van der Waals surface area contributed by atoms with Crippen molar-refractivity contribution in [1.29, 1.82) is 0 Å². The van der Waals surface area contributed by atoms with Crippen LogP contribution in [0.3, 0.4) is 0 Å². The number of thiazole rings is 1. The Balaban J connectivity index is 1.47. The van der Waals surface area contributed by atoms with Gasteiger partial charge in [-0.25, -0.2) is 9.97 Å². The highest BCUT2D eigenvalue weighted by atomic mass is 32.1. The molecule has 0 aromatic carbocycles. The Bertz CT molecular complexity index is 944. The lowest BCUT2D eigenvalue weighted by molar-refractivity contribution is 0.0735. The van der Waals surface area contributed by atoms with Gasteiger partial charge in [-0.05, 0) is 12.1 Å². The predicted molar refractivity (Wildman–Crippen MR) is 94.8 cm³/mol. The summed E-state index contributed by atoms with van der Waals surface area (Å²) in [6.07, 6.45) is 8.23. The van der Waals surface area contributed by atoms with Gasteiger partial charge >= 0.3 is 0 Å². The quantitative estimate of drug-likeness (QED) is 0.758. The van der Waals surface area contributed by atoms with Gasteiger partial charge < -0.3 is 4.90 Å². The number of carbonyl (C=O) groups excluding carboxylic acids is 2. The number of amides is 2. The maximum absolute atomic E-state index is 12.6. The van der Waals surface area contributed by atoms with Gasteiger partial charge in [-0.15, -0.1) is 0 Å². The minimum Gasteiger partial charge on any atom is -0.333 e. The van der Waals surface area contributed by atoms with Gasteiger partial charge in [-0.3, -0.25) is 24.9 Å². The summed E-state index contributed by atoms with van der Waals surface area (Å²) in [5.74, 6) is -0.408. The Morgan fingerprint density at radius 3 is 2.81 bits per heavy atom. The maximum Gasteiger partial charge on any atom is 0.277 e. The number of anilines is 1. The van der Waals surface area contributed by atoms with Gasteiger partial charge in [-0.1, -0.05) is 11.3 Å². The van der Waals surface area contributed by atoms with Crippen molar-refractivity contribution in [2.75, 3.05) is 11.9 Å². The molecule has 0 fully saturated rings. The number of carbonyl (C=O) groups is 2. The van der Waals surface area contributed by atoms with Crippen molar-refractivity contribution in [2.24, 2.45) is 0 Å². The van der Waals surface area contributed by atoms with Crippen LogP contribution >= 0.6 is 11.3 Å². The van der Waals surface area contributed by atoms with E-state index in [1.165, 1.54) is 29.9 Å². The molecule has 0 radical (unpaired) electrons. The molecule has 0 unspecified atom stereocenters. The lowest BCUT2D eigenvalue weighted by Gasteiger charge is -2.25. The first-order valence-corrected chi connectivity index (χ1v) is 8.77. The van der Waals surface area contributed by atoms with Gasteiger partial charge in [0.2, 0.25) is 0 Å². The number of nitrogens with one attached hydrogen (secondary N) is 1. The van der Waals surface area contributed by atoms with E-state index in [4.69, 9.17) is 0 Å². The fourth-order valence-corrected chi connectivity index (χ4v) is 3.69. The number of aromatic nitrogens is 4. The highest BCUT2D eigenvalue weighted by Gasteiger charge is 2.25. The van der Waals surface area contributed by atoms with E-state index in [2.05, 4.69) is 25.3 Å². The summed E-state index contributed by atoms with van der Waals surface area (Å²) in [5, 5.41) is 3.24. The van der Waals surface area contributed by atoms with Crippen molar-refractivity contribution in [3.05, 3.63) is 64.9 Å². The first-order chi connectivity index (χ1) is 12.7. The topological polar surface area (TPSA) is 101 Å². The van der Waals surface area contributed by atoms with Crippen LogP contribution < -0.4 is 5.32 Å². The lowest BCUT2D eigenvalue weighted by atomic mass is 10.1. The molecule has 0 atom stereocenters. The summed E-state index contributed by atoms with van der Waals surface area (Å²) in [7, 11) is 0. The van der Waals surface area contributed by atoms with Crippen LogP contribution in [0.1, 0.15) is 31.4 Å². The molecule has 9 heteroatoms. The Morgan fingerprint density at radius 1 is 1.15 bits per heavy atom. The van der Waals surface area contributed by atoms with Crippen LogP contribution in [-0.2, 0) is 13.0 Å². The number of pyridine rings is 1. The van der Waals surface area contributed by atoms with E-state index in [-0.39, 0.29) is 17.5 Å². The molecule has 2 amide bonds. The monoisotopic (exact) mass is 366 g/mol. The SMILES string of the molecule is O=C(Nc1nc2c(s1)CN(C(=O)c1cccnc1)CC2)c1cnccn1. The molecule has 0 bridgehead atoms. The Labute approximate surface area is 153 Å². The Hall–Kier alpha value is -3.20. The van der Waals surface area contributed by atoms with E-state index in [0.717, 1.165) is 10.6 Å². The second kappa shape index (κ2) is 6.96. The molecular formula is C17H14N6O2S. The van der Waals surface area contributed by atoms with Crippen molar-refractivity contribution >= 4 is 28.3 Å². The second-order valence-corrected chi connectivity index (χ2v) is 6.74. The molecule has 0 aliphatic carbocycles. The smallest absolute Gasteiger partial charge is 0.277 e. The largest absolute Gasteiger partial charge is 0.333 e. The van der Waals surface area contributed by atoms with Crippen LogP contribution in [0.5, 0.6) is 0 Å². The lowest BCUT2D eigenvalue weighted by Crippen LogP contribution is -2.35. The van der Waals surface area contributed by atoms with Crippen LogP contribution in [0.25, 0.3) is 0 Å². The molecule has 4 heterocycles. The molecule has 130 valence electrons. The van der Waals surface area contributed by atoms with Crippen molar-refractivity contribution in [3.8, 4) is 0 Å². The van der Waals surface area contributed by atoms with Crippen molar-refractivity contribution in [2.45, 2.75) is 13.0 Å². The molecular weight excluding hydrogens is 352 g/mol. The minimum absolute atomic E-state index is 0.0534. The Morgan fingerprint density at radius 2 is 2.04 bits per heavy atom. The van der Waals surface area contributed by atoms with E-state index in [1.54, 1.807) is 29.4 Å². The zero-order valence-electron chi connectivity index (χ0n) is 13.6. The Kier molecular flexibility index (Phi) is 4.36. The molecule has 3 aromatic heterocycles. The van der Waals surface area contributed by atoms with Gasteiger partial charge in [0, 0.05) is 42.6 Å². The average Bonchev–Trinajstić information content (AvgIpc) is 3.10. The summed E-state index contributed by atoms with van der Waals surface area (Å²) >= 11 is 1.37. The summed E-state index contributed by atoms with van der Waals surface area (Å²) < 4.78 is 0. The predicted octanol–water partition coefficient (Wildman–Crippen LogP) is 1.78. The van der Waals surface area contributed by atoms with Gasteiger partial charge in [0.05, 0.1) is 24.0 Å². The van der Waals surface area contributed by atoms with Crippen LogP contribution in [0.2, 0.25) is 0 Å². The average molecular weight is 366 g/mol. The standard InChI is InChI=1S/C17H14N6O2S/c24-15(13-9-19-5-6-20-13)22-17-21-12-3-7-23(10-14(12)26-17)16(25)11-2-1-4-18-8-11/h1-2,4-6,8-9H,3,7,10H2,(H,21,22,24).